The molecule has 37 heavy (non-hydrogen) atoms. The summed E-state index contributed by atoms with van der Waals surface area (Å²) in [6, 6.07) is 12.2. The number of thiophene rings is 1. The Morgan fingerprint density at radius 3 is 2.43 bits per heavy atom. The van der Waals surface area contributed by atoms with E-state index in [4.69, 9.17) is 14.2 Å². The van der Waals surface area contributed by atoms with Gasteiger partial charge in [0.25, 0.3) is 5.91 Å². The number of nitrogens with zero attached hydrogens (tertiary/aromatic N) is 1. The van der Waals surface area contributed by atoms with Gasteiger partial charge >= 0.3 is 12.1 Å². The molecule has 0 unspecified atom stereocenters. The van der Waals surface area contributed by atoms with Crippen LogP contribution in [0.2, 0.25) is 0 Å². The van der Waals surface area contributed by atoms with Crippen molar-refractivity contribution in [2.75, 3.05) is 31.5 Å². The molecule has 0 atom stereocenters. The van der Waals surface area contributed by atoms with Crippen LogP contribution in [-0.4, -0.2) is 44.8 Å². The van der Waals surface area contributed by atoms with Crippen LogP contribution < -0.4 is 19.7 Å². The van der Waals surface area contributed by atoms with Crippen LogP contribution in [0, 0.1) is 6.92 Å². The van der Waals surface area contributed by atoms with E-state index in [0.29, 0.717) is 33.0 Å². The van der Waals surface area contributed by atoms with Crippen LogP contribution in [0.3, 0.4) is 0 Å². The molecule has 1 N–H and O–H groups in total. The van der Waals surface area contributed by atoms with Gasteiger partial charge in [-0.25, -0.2) is 9.59 Å². The molecule has 0 saturated carbocycles. The number of carbonyl (C=O) groups is 3. The fraction of sp³-hybridized carbons (Fsp3) is 0.296. The van der Waals surface area contributed by atoms with Crippen LogP contribution in [0.1, 0.15) is 34.0 Å². The van der Waals surface area contributed by atoms with E-state index >= 15 is 0 Å². The Morgan fingerprint density at radius 2 is 1.78 bits per heavy atom. The van der Waals surface area contributed by atoms with Gasteiger partial charge < -0.3 is 29.2 Å². The normalized spacial score (nSPS) is 13.9. The van der Waals surface area contributed by atoms with Crippen LogP contribution in [0.15, 0.2) is 42.5 Å². The van der Waals surface area contributed by atoms with Gasteiger partial charge in [-0.05, 0) is 56.7 Å². The van der Waals surface area contributed by atoms with Crippen LogP contribution in [0.4, 0.5) is 16.2 Å². The van der Waals surface area contributed by atoms with Gasteiger partial charge in [-0.1, -0.05) is 6.07 Å². The number of hydrogen-bond donors (Lipinski definition) is 1. The highest BCUT2D eigenvalue weighted by Crippen LogP contribution is 2.45. The van der Waals surface area contributed by atoms with E-state index in [1.54, 1.807) is 36.2 Å². The molecule has 10 heteroatoms. The standard InChI is InChI=1S/C27H28N2O7S/c1-15-7-12-22(37-15)24(30)35-14-19-17(10-11-20-23(19)29(4)25(31)27(2,3)28-20)18-9-8-16(13-21(18)33-5)36-26(32)34-6/h7-13,28H,14H2,1-6H3. The van der Waals surface area contributed by atoms with Crippen LogP contribution >= 0.6 is 11.3 Å². The largest absolute Gasteiger partial charge is 0.513 e. The Kier molecular flexibility index (Phi) is 7.13. The molecule has 1 amide bonds. The van der Waals surface area contributed by atoms with Crippen LogP contribution in [0.25, 0.3) is 11.1 Å². The summed E-state index contributed by atoms with van der Waals surface area (Å²) in [5, 5.41) is 3.29. The number of methoxy groups -OCH3 is 2. The summed E-state index contributed by atoms with van der Waals surface area (Å²) in [7, 11) is 4.42. The van der Waals surface area contributed by atoms with Crippen molar-refractivity contribution in [2.24, 2.45) is 0 Å². The van der Waals surface area contributed by atoms with Gasteiger partial charge in [0.15, 0.2) is 0 Å². The Bertz CT molecular complexity index is 1380. The molecule has 1 aliphatic rings. The average molecular weight is 525 g/mol. The summed E-state index contributed by atoms with van der Waals surface area (Å²) < 4.78 is 21.0. The summed E-state index contributed by atoms with van der Waals surface area (Å²) in [5.41, 5.74) is 2.50. The fourth-order valence-electron chi connectivity index (χ4n) is 4.28. The number of nitrogens with one attached hydrogen (secondary N) is 1. The second-order valence-corrected chi connectivity index (χ2v) is 10.3. The highest BCUT2D eigenvalue weighted by atomic mass is 32.1. The topological polar surface area (TPSA) is 103 Å². The molecule has 1 aromatic heterocycles. The lowest BCUT2D eigenvalue weighted by Crippen LogP contribution is -2.52. The Hall–Kier alpha value is -4.05. The molecular weight excluding hydrogens is 496 g/mol. The van der Waals surface area contributed by atoms with Gasteiger partial charge in [0.05, 0.1) is 25.6 Å². The summed E-state index contributed by atoms with van der Waals surface area (Å²) in [4.78, 5) is 40.6. The lowest BCUT2D eigenvalue weighted by molar-refractivity contribution is -0.121. The molecule has 0 saturated heterocycles. The first-order chi connectivity index (χ1) is 17.6. The minimum atomic E-state index is -0.853. The maximum Gasteiger partial charge on any atom is 0.513 e. The molecular formula is C27H28N2O7S. The summed E-state index contributed by atoms with van der Waals surface area (Å²) in [5.74, 6) is 0.0731. The van der Waals surface area contributed by atoms with E-state index < -0.39 is 17.7 Å². The third-order valence-corrected chi connectivity index (χ3v) is 7.01. The number of esters is 1. The third-order valence-electron chi connectivity index (χ3n) is 6.02. The second kappa shape index (κ2) is 10.1. The maximum atomic E-state index is 13.1. The van der Waals surface area contributed by atoms with E-state index in [9.17, 15) is 14.4 Å². The lowest BCUT2D eigenvalue weighted by atomic mass is 9.92. The first kappa shape index (κ1) is 26.0. The number of aryl methyl sites for hydroxylation is 1. The molecule has 2 heterocycles. The highest BCUT2D eigenvalue weighted by Gasteiger charge is 2.39. The quantitative estimate of drug-likeness (QED) is 0.338. The number of hydrogen-bond acceptors (Lipinski definition) is 9. The molecule has 9 nitrogen and oxygen atoms in total. The predicted molar refractivity (Wildman–Crippen MR) is 141 cm³/mol. The second-order valence-electron chi connectivity index (χ2n) is 9.01. The first-order valence-electron chi connectivity index (χ1n) is 11.5. The number of amides is 1. The van der Waals surface area contributed by atoms with Gasteiger partial charge in [0, 0.05) is 29.1 Å². The van der Waals surface area contributed by atoms with Gasteiger partial charge in [0.2, 0.25) is 0 Å². The Labute approximate surface area is 218 Å². The van der Waals surface area contributed by atoms with Gasteiger partial charge in [0.1, 0.15) is 28.5 Å². The summed E-state index contributed by atoms with van der Waals surface area (Å²) in [6.45, 7) is 5.45. The number of benzene rings is 2. The molecule has 0 aliphatic carbocycles. The molecule has 4 rings (SSSR count). The van der Waals surface area contributed by atoms with Crippen LogP contribution in [-0.2, 0) is 20.9 Å². The first-order valence-corrected chi connectivity index (χ1v) is 12.3. The molecule has 0 radical (unpaired) electrons. The number of rotatable bonds is 6. The van der Waals surface area contributed by atoms with Crippen molar-refractivity contribution >= 4 is 40.7 Å². The lowest BCUT2D eigenvalue weighted by Gasteiger charge is -2.39. The molecule has 1 aliphatic heterocycles. The predicted octanol–water partition coefficient (Wildman–Crippen LogP) is 5.40. The van der Waals surface area contributed by atoms with Crippen molar-refractivity contribution in [3.05, 3.63) is 57.8 Å². The number of ether oxygens (including phenoxy) is 4. The van der Waals surface area contributed by atoms with Crippen molar-refractivity contribution < 1.29 is 33.3 Å². The molecule has 0 fully saturated rings. The molecule has 194 valence electrons. The maximum absolute atomic E-state index is 13.1. The highest BCUT2D eigenvalue weighted by molar-refractivity contribution is 7.13. The number of anilines is 2. The minimum absolute atomic E-state index is 0.0857. The van der Waals surface area contributed by atoms with Crippen molar-refractivity contribution in [2.45, 2.75) is 32.9 Å². The monoisotopic (exact) mass is 524 g/mol. The van der Waals surface area contributed by atoms with Gasteiger partial charge in [-0.3, -0.25) is 4.79 Å². The minimum Gasteiger partial charge on any atom is -0.496 e. The summed E-state index contributed by atoms with van der Waals surface area (Å²) in [6.07, 6.45) is -0.853. The Morgan fingerprint density at radius 1 is 1.05 bits per heavy atom. The fourth-order valence-corrected chi connectivity index (χ4v) is 5.04. The molecule has 0 spiro atoms. The third kappa shape index (κ3) is 5.10. The van der Waals surface area contributed by atoms with E-state index in [-0.39, 0.29) is 18.3 Å². The summed E-state index contributed by atoms with van der Waals surface area (Å²) >= 11 is 1.35. The van der Waals surface area contributed by atoms with Crippen molar-refractivity contribution in [3.63, 3.8) is 0 Å². The average Bonchev–Trinajstić information content (AvgIpc) is 3.31. The Balaban J connectivity index is 1.81. The smallest absolute Gasteiger partial charge is 0.496 e. The van der Waals surface area contributed by atoms with Crippen molar-refractivity contribution in [3.8, 4) is 22.6 Å². The van der Waals surface area contributed by atoms with E-state index in [1.807, 2.05) is 39.0 Å². The molecule has 0 bridgehead atoms. The van der Waals surface area contributed by atoms with Gasteiger partial charge in [-0.2, -0.15) is 0 Å². The van der Waals surface area contributed by atoms with E-state index in [1.165, 1.54) is 25.6 Å². The number of likely N-dealkylation sites (N-methyl/N-ethyl adjacent to an activating group) is 1. The zero-order chi connectivity index (χ0) is 26.9. The van der Waals surface area contributed by atoms with Crippen molar-refractivity contribution in [1.82, 2.24) is 0 Å². The van der Waals surface area contributed by atoms with E-state index in [0.717, 1.165) is 10.6 Å². The number of fused-ring (bicyclic) bond motifs is 1. The zero-order valence-electron chi connectivity index (χ0n) is 21.5. The van der Waals surface area contributed by atoms with E-state index in [2.05, 4.69) is 10.1 Å². The van der Waals surface area contributed by atoms with Crippen molar-refractivity contribution in [1.29, 1.82) is 0 Å². The SMILES string of the molecule is COC(=O)Oc1ccc(-c2ccc3c(c2COC(=O)c2ccc(C)s2)N(C)C(=O)C(C)(C)N3)c(OC)c1. The number of carbonyl (C=O) groups excluding carboxylic acids is 3. The van der Waals surface area contributed by atoms with Gasteiger partial charge in [-0.15, -0.1) is 11.3 Å². The molecule has 3 aromatic rings. The zero-order valence-corrected chi connectivity index (χ0v) is 22.3. The van der Waals surface area contributed by atoms with Crippen LogP contribution in [0.5, 0.6) is 11.5 Å². The molecule has 2 aromatic carbocycles.